The lowest BCUT2D eigenvalue weighted by molar-refractivity contribution is 0.555. The molecule has 5 heteroatoms. The maximum absolute atomic E-state index is 6.15. The summed E-state index contributed by atoms with van der Waals surface area (Å²) in [6.07, 6.45) is 3.71. The number of nitrogens with one attached hydrogen (secondary N) is 2. The maximum Gasteiger partial charge on any atom is 0.147 e. The Hall–Kier alpha value is -0.670. The molecule has 2 atom stereocenters. The van der Waals surface area contributed by atoms with Gasteiger partial charge in [0.1, 0.15) is 11.6 Å². The summed E-state index contributed by atoms with van der Waals surface area (Å²) in [6, 6.07) is 2.19. The Morgan fingerprint density at radius 1 is 1.24 bits per heavy atom. The van der Waals surface area contributed by atoms with Gasteiger partial charge in [0.15, 0.2) is 0 Å². The van der Waals surface area contributed by atoms with Gasteiger partial charge in [-0.2, -0.15) is 0 Å². The van der Waals surface area contributed by atoms with Gasteiger partial charge in [0.05, 0.1) is 10.0 Å². The van der Waals surface area contributed by atoms with Crippen LogP contribution in [0.1, 0.15) is 26.2 Å². The molecule has 3 nitrogen and oxygen atoms in total. The first-order valence-corrected chi connectivity index (χ1v) is 6.67. The highest BCUT2D eigenvalue weighted by Crippen LogP contribution is 2.33. The minimum absolute atomic E-state index is 0.464. The third kappa shape index (κ3) is 2.78. The Morgan fingerprint density at radius 2 is 1.94 bits per heavy atom. The summed E-state index contributed by atoms with van der Waals surface area (Å²) in [5, 5.41) is 7.50. The zero-order chi connectivity index (χ0) is 12.4. The van der Waals surface area contributed by atoms with Crippen molar-refractivity contribution in [1.82, 2.24) is 4.98 Å². The molecular weight excluding hydrogens is 257 g/mol. The highest BCUT2D eigenvalue weighted by molar-refractivity contribution is 6.37. The molecule has 1 aliphatic carbocycles. The lowest BCUT2D eigenvalue weighted by atomic mass is 10.1. The molecular formula is C12H17Cl2N3. The molecule has 2 N–H and O–H groups in total. The van der Waals surface area contributed by atoms with Gasteiger partial charge < -0.3 is 10.6 Å². The summed E-state index contributed by atoms with van der Waals surface area (Å²) in [5.74, 6) is 2.05. The van der Waals surface area contributed by atoms with Crippen molar-refractivity contribution in [2.45, 2.75) is 32.2 Å². The molecule has 1 fully saturated rings. The molecule has 0 saturated heterocycles. The first kappa shape index (κ1) is 12.8. The van der Waals surface area contributed by atoms with Crippen molar-refractivity contribution in [3.63, 3.8) is 0 Å². The van der Waals surface area contributed by atoms with Crippen LogP contribution in [0, 0.1) is 5.92 Å². The SMILES string of the molecule is CNc1nc(NC2CCCC2C)c(Cl)cc1Cl. The van der Waals surface area contributed by atoms with E-state index >= 15 is 0 Å². The second-order valence-electron chi connectivity index (χ2n) is 4.56. The quantitative estimate of drug-likeness (QED) is 0.873. The molecule has 0 aromatic carbocycles. The summed E-state index contributed by atoms with van der Waals surface area (Å²) >= 11 is 12.2. The summed E-state index contributed by atoms with van der Waals surface area (Å²) in [5.41, 5.74) is 0. The zero-order valence-electron chi connectivity index (χ0n) is 10.1. The fourth-order valence-electron chi connectivity index (χ4n) is 2.28. The average Bonchev–Trinajstić information content (AvgIpc) is 2.68. The van der Waals surface area contributed by atoms with Crippen LogP contribution in [0.2, 0.25) is 10.0 Å². The Bertz CT molecular complexity index is 409. The van der Waals surface area contributed by atoms with Crippen molar-refractivity contribution < 1.29 is 0 Å². The Kier molecular flexibility index (Phi) is 4.00. The average molecular weight is 274 g/mol. The highest BCUT2D eigenvalue weighted by Gasteiger charge is 2.24. The molecule has 1 saturated carbocycles. The predicted octanol–water partition coefficient (Wildman–Crippen LogP) is 4.03. The number of hydrogen-bond acceptors (Lipinski definition) is 3. The second-order valence-corrected chi connectivity index (χ2v) is 5.37. The predicted molar refractivity (Wildman–Crippen MR) is 74.2 cm³/mol. The number of pyridine rings is 1. The summed E-state index contributed by atoms with van der Waals surface area (Å²) in [7, 11) is 1.80. The van der Waals surface area contributed by atoms with Gasteiger partial charge in [-0.1, -0.05) is 36.5 Å². The molecule has 2 rings (SSSR count). The third-order valence-corrected chi connectivity index (χ3v) is 3.93. The van der Waals surface area contributed by atoms with Gasteiger partial charge in [-0.25, -0.2) is 4.98 Å². The molecule has 0 amide bonds. The van der Waals surface area contributed by atoms with Crippen LogP contribution in [0.25, 0.3) is 0 Å². The minimum atomic E-state index is 0.464. The minimum Gasteiger partial charge on any atom is -0.372 e. The van der Waals surface area contributed by atoms with Crippen LogP contribution in [0.15, 0.2) is 6.07 Å². The molecule has 2 unspecified atom stereocenters. The number of rotatable bonds is 3. The fourth-order valence-corrected chi connectivity index (χ4v) is 2.79. The lowest BCUT2D eigenvalue weighted by Crippen LogP contribution is -2.22. The second kappa shape index (κ2) is 5.32. The van der Waals surface area contributed by atoms with Crippen LogP contribution in [0.3, 0.4) is 0 Å². The van der Waals surface area contributed by atoms with Crippen molar-refractivity contribution in [3.05, 3.63) is 16.1 Å². The smallest absolute Gasteiger partial charge is 0.147 e. The number of hydrogen-bond donors (Lipinski definition) is 2. The third-order valence-electron chi connectivity index (χ3n) is 3.35. The van der Waals surface area contributed by atoms with Gasteiger partial charge >= 0.3 is 0 Å². The van der Waals surface area contributed by atoms with E-state index in [0.29, 0.717) is 27.8 Å². The number of anilines is 2. The van der Waals surface area contributed by atoms with E-state index in [9.17, 15) is 0 Å². The van der Waals surface area contributed by atoms with Crippen molar-refractivity contribution >= 4 is 34.8 Å². The molecule has 17 heavy (non-hydrogen) atoms. The summed E-state index contributed by atoms with van der Waals surface area (Å²) in [6.45, 7) is 2.26. The molecule has 0 spiro atoms. The van der Waals surface area contributed by atoms with Gasteiger partial charge in [-0.15, -0.1) is 0 Å². The van der Waals surface area contributed by atoms with Crippen LogP contribution < -0.4 is 10.6 Å². The van der Waals surface area contributed by atoms with Gasteiger partial charge in [0.25, 0.3) is 0 Å². The van der Waals surface area contributed by atoms with E-state index in [2.05, 4.69) is 22.5 Å². The summed E-state index contributed by atoms with van der Waals surface area (Å²) in [4.78, 5) is 4.40. The molecule has 0 aliphatic heterocycles. The van der Waals surface area contributed by atoms with Crippen LogP contribution in [0.5, 0.6) is 0 Å². The van der Waals surface area contributed by atoms with Crippen LogP contribution >= 0.6 is 23.2 Å². The van der Waals surface area contributed by atoms with E-state index in [4.69, 9.17) is 23.2 Å². The number of nitrogens with zero attached hydrogens (tertiary/aromatic N) is 1. The van der Waals surface area contributed by atoms with Gasteiger partial charge in [-0.3, -0.25) is 0 Å². The van der Waals surface area contributed by atoms with E-state index in [0.717, 1.165) is 5.82 Å². The Balaban J connectivity index is 2.20. The largest absolute Gasteiger partial charge is 0.372 e. The highest BCUT2D eigenvalue weighted by atomic mass is 35.5. The molecule has 94 valence electrons. The lowest BCUT2D eigenvalue weighted by Gasteiger charge is -2.19. The van der Waals surface area contributed by atoms with E-state index in [1.54, 1.807) is 13.1 Å². The maximum atomic E-state index is 6.15. The summed E-state index contributed by atoms with van der Waals surface area (Å²) < 4.78 is 0. The first-order chi connectivity index (χ1) is 8.11. The fraction of sp³-hybridized carbons (Fsp3) is 0.583. The van der Waals surface area contributed by atoms with Gasteiger partial charge in [0, 0.05) is 13.1 Å². The Labute approximate surface area is 112 Å². The zero-order valence-corrected chi connectivity index (χ0v) is 11.6. The number of aromatic nitrogens is 1. The Morgan fingerprint density at radius 3 is 2.53 bits per heavy atom. The molecule has 1 aliphatic rings. The molecule has 1 aromatic rings. The van der Waals surface area contributed by atoms with Gasteiger partial charge in [0.2, 0.25) is 0 Å². The first-order valence-electron chi connectivity index (χ1n) is 5.92. The van der Waals surface area contributed by atoms with Crippen molar-refractivity contribution in [2.24, 2.45) is 5.92 Å². The number of halogens is 2. The van der Waals surface area contributed by atoms with Crippen LogP contribution in [0.4, 0.5) is 11.6 Å². The topological polar surface area (TPSA) is 37.0 Å². The van der Waals surface area contributed by atoms with Crippen molar-refractivity contribution in [1.29, 1.82) is 0 Å². The molecule has 1 aromatic heterocycles. The monoisotopic (exact) mass is 273 g/mol. The van der Waals surface area contributed by atoms with Crippen molar-refractivity contribution in [3.8, 4) is 0 Å². The van der Waals surface area contributed by atoms with E-state index in [1.807, 2.05) is 0 Å². The standard InChI is InChI=1S/C12H17Cl2N3/c1-7-4-3-5-10(7)16-12-9(14)6-8(13)11(15-2)17-12/h6-7,10H,3-5H2,1-2H3,(H2,15,16,17). The molecule has 1 heterocycles. The van der Waals surface area contributed by atoms with E-state index in [1.165, 1.54) is 19.3 Å². The van der Waals surface area contributed by atoms with Gasteiger partial charge in [-0.05, 0) is 24.8 Å². The normalized spacial score (nSPS) is 23.8. The van der Waals surface area contributed by atoms with E-state index in [-0.39, 0.29) is 0 Å². The van der Waals surface area contributed by atoms with Crippen LogP contribution in [-0.2, 0) is 0 Å². The van der Waals surface area contributed by atoms with Crippen LogP contribution in [-0.4, -0.2) is 18.1 Å². The molecule has 0 radical (unpaired) electrons. The van der Waals surface area contributed by atoms with E-state index < -0.39 is 0 Å². The molecule has 0 bridgehead atoms. The van der Waals surface area contributed by atoms with Crippen molar-refractivity contribution in [2.75, 3.05) is 17.7 Å².